The molecule has 0 bridgehead atoms. The Hall–Kier alpha value is -0.610. The SMILES string of the molecule is CC(C)CNC1(C(N)=O)CCCN(C)CC1. The predicted molar refractivity (Wildman–Crippen MR) is 66.1 cm³/mol. The minimum Gasteiger partial charge on any atom is -0.368 e. The standard InChI is InChI=1S/C12H25N3O/c1-10(2)9-14-12(11(13)16)5-4-7-15(3)8-6-12/h10,14H,4-9H2,1-3H3,(H2,13,16). The summed E-state index contributed by atoms with van der Waals surface area (Å²) >= 11 is 0. The number of hydrogen-bond acceptors (Lipinski definition) is 3. The summed E-state index contributed by atoms with van der Waals surface area (Å²) in [6, 6.07) is 0. The third kappa shape index (κ3) is 3.46. The van der Waals surface area contributed by atoms with Gasteiger partial charge in [0.15, 0.2) is 0 Å². The van der Waals surface area contributed by atoms with Gasteiger partial charge in [0.05, 0.1) is 5.54 Å². The van der Waals surface area contributed by atoms with Crippen LogP contribution in [0, 0.1) is 5.92 Å². The van der Waals surface area contributed by atoms with Gasteiger partial charge in [0.25, 0.3) is 0 Å². The van der Waals surface area contributed by atoms with E-state index in [1.165, 1.54) is 0 Å². The molecule has 0 aliphatic carbocycles. The number of nitrogens with two attached hydrogens (primary N) is 1. The van der Waals surface area contributed by atoms with E-state index < -0.39 is 5.54 Å². The number of nitrogens with zero attached hydrogens (tertiary/aromatic N) is 1. The molecule has 94 valence electrons. The summed E-state index contributed by atoms with van der Waals surface area (Å²) in [6.45, 7) is 7.13. The van der Waals surface area contributed by atoms with Crippen LogP contribution in [-0.2, 0) is 4.79 Å². The summed E-state index contributed by atoms with van der Waals surface area (Å²) in [5.74, 6) is 0.348. The monoisotopic (exact) mass is 227 g/mol. The second-order valence-corrected chi connectivity index (χ2v) is 5.38. The molecule has 0 aromatic heterocycles. The summed E-state index contributed by atoms with van der Waals surface area (Å²) in [7, 11) is 2.10. The number of nitrogens with one attached hydrogen (secondary N) is 1. The van der Waals surface area contributed by atoms with Gasteiger partial charge in [-0.25, -0.2) is 0 Å². The lowest BCUT2D eigenvalue weighted by atomic mass is 9.89. The van der Waals surface area contributed by atoms with Gasteiger partial charge in [0.2, 0.25) is 5.91 Å². The molecular weight excluding hydrogens is 202 g/mol. The minimum absolute atomic E-state index is 0.191. The molecule has 0 saturated carbocycles. The maximum Gasteiger partial charge on any atom is 0.237 e. The molecule has 1 fully saturated rings. The molecule has 4 nitrogen and oxygen atoms in total. The number of amides is 1. The lowest BCUT2D eigenvalue weighted by Crippen LogP contribution is -2.56. The molecule has 1 heterocycles. The Morgan fingerprint density at radius 1 is 1.44 bits per heavy atom. The second kappa shape index (κ2) is 5.64. The average Bonchev–Trinajstić information content (AvgIpc) is 2.38. The zero-order valence-electron chi connectivity index (χ0n) is 10.8. The third-order valence-corrected chi connectivity index (χ3v) is 3.38. The van der Waals surface area contributed by atoms with Gasteiger partial charge in [0.1, 0.15) is 0 Å². The molecule has 0 aromatic rings. The van der Waals surface area contributed by atoms with E-state index in [4.69, 9.17) is 5.73 Å². The fourth-order valence-electron chi connectivity index (χ4n) is 2.18. The summed E-state index contributed by atoms with van der Waals surface area (Å²) in [4.78, 5) is 14.0. The zero-order chi connectivity index (χ0) is 12.2. The van der Waals surface area contributed by atoms with Gasteiger partial charge in [-0.2, -0.15) is 0 Å². The van der Waals surface area contributed by atoms with E-state index in [0.717, 1.165) is 38.9 Å². The number of rotatable bonds is 4. The van der Waals surface area contributed by atoms with Crippen molar-refractivity contribution in [2.75, 3.05) is 26.7 Å². The highest BCUT2D eigenvalue weighted by Crippen LogP contribution is 2.22. The highest BCUT2D eigenvalue weighted by atomic mass is 16.1. The Labute approximate surface area is 98.6 Å². The molecule has 0 radical (unpaired) electrons. The van der Waals surface area contributed by atoms with E-state index in [1.54, 1.807) is 0 Å². The highest BCUT2D eigenvalue weighted by Gasteiger charge is 2.37. The Balaban J connectivity index is 2.67. The van der Waals surface area contributed by atoms with Crippen LogP contribution in [0.1, 0.15) is 33.1 Å². The third-order valence-electron chi connectivity index (χ3n) is 3.38. The van der Waals surface area contributed by atoms with Crippen molar-refractivity contribution >= 4 is 5.91 Å². The first-order chi connectivity index (χ1) is 7.46. The van der Waals surface area contributed by atoms with Crippen LogP contribution in [0.4, 0.5) is 0 Å². The molecule has 1 atom stereocenters. The number of carbonyl (C=O) groups is 1. The smallest absolute Gasteiger partial charge is 0.237 e. The van der Waals surface area contributed by atoms with Crippen LogP contribution in [0.25, 0.3) is 0 Å². The molecule has 1 amide bonds. The van der Waals surface area contributed by atoms with Crippen molar-refractivity contribution in [3.63, 3.8) is 0 Å². The van der Waals surface area contributed by atoms with Crippen LogP contribution in [0.15, 0.2) is 0 Å². The predicted octanol–water partition coefficient (Wildman–Crippen LogP) is 0.572. The van der Waals surface area contributed by atoms with Crippen molar-refractivity contribution in [2.24, 2.45) is 11.7 Å². The van der Waals surface area contributed by atoms with E-state index in [9.17, 15) is 4.79 Å². The van der Waals surface area contributed by atoms with Crippen molar-refractivity contribution in [3.8, 4) is 0 Å². The normalized spacial score (nSPS) is 28.0. The topological polar surface area (TPSA) is 58.4 Å². The fourth-order valence-corrected chi connectivity index (χ4v) is 2.18. The van der Waals surface area contributed by atoms with Gasteiger partial charge in [-0.3, -0.25) is 4.79 Å². The van der Waals surface area contributed by atoms with Crippen molar-refractivity contribution in [1.82, 2.24) is 10.2 Å². The van der Waals surface area contributed by atoms with Gasteiger partial charge < -0.3 is 16.0 Å². The number of likely N-dealkylation sites (tertiary alicyclic amines) is 1. The first-order valence-corrected chi connectivity index (χ1v) is 6.20. The van der Waals surface area contributed by atoms with E-state index in [2.05, 4.69) is 31.1 Å². The highest BCUT2D eigenvalue weighted by molar-refractivity contribution is 5.84. The maximum atomic E-state index is 11.7. The van der Waals surface area contributed by atoms with Crippen molar-refractivity contribution in [3.05, 3.63) is 0 Å². The fraction of sp³-hybridized carbons (Fsp3) is 0.917. The lowest BCUT2D eigenvalue weighted by Gasteiger charge is -2.31. The number of primary amides is 1. The molecule has 0 aromatic carbocycles. The van der Waals surface area contributed by atoms with Gasteiger partial charge in [-0.05, 0) is 45.3 Å². The van der Waals surface area contributed by atoms with Crippen molar-refractivity contribution in [2.45, 2.75) is 38.6 Å². The van der Waals surface area contributed by atoms with Crippen LogP contribution >= 0.6 is 0 Å². The van der Waals surface area contributed by atoms with Crippen LogP contribution in [0.3, 0.4) is 0 Å². The van der Waals surface area contributed by atoms with E-state index >= 15 is 0 Å². The Kier molecular flexibility index (Phi) is 4.74. The minimum atomic E-state index is -0.477. The molecule has 3 N–H and O–H groups in total. The largest absolute Gasteiger partial charge is 0.368 e. The Morgan fingerprint density at radius 3 is 2.69 bits per heavy atom. The second-order valence-electron chi connectivity index (χ2n) is 5.38. The van der Waals surface area contributed by atoms with Crippen LogP contribution in [-0.4, -0.2) is 43.0 Å². The zero-order valence-corrected chi connectivity index (χ0v) is 10.8. The average molecular weight is 227 g/mol. The van der Waals surface area contributed by atoms with Gasteiger partial charge in [0, 0.05) is 6.54 Å². The van der Waals surface area contributed by atoms with Gasteiger partial charge in [-0.15, -0.1) is 0 Å². The van der Waals surface area contributed by atoms with Gasteiger partial charge >= 0.3 is 0 Å². The molecule has 1 aliphatic heterocycles. The number of carbonyl (C=O) groups excluding carboxylic acids is 1. The molecule has 1 saturated heterocycles. The van der Waals surface area contributed by atoms with Crippen molar-refractivity contribution < 1.29 is 4.79 Å². The first-order valence-electron chi connectivity index (χ1n) is 6.20. The first kappa shape index (κ1) is 13.5. The summed E-state index contributed by atoms with van der Waals surface area (Å²) in [6.07, 6.45) is 2.72. The van der Waals surface area contributed by atoms with Crippen molar-refractivity contribution in [1.29, 1.82) is 0 Å². The Bertz CT molecular complexity index is 242. The van der Waals surface area contributed by atoms with Crippen LogP contribution < -0.4 is 11.1 Å². The Morgan fingerprint density at radius 2 is 2.12 bits per heavy atom. The molecule has 1 aliphatic rings. The van der Waals surface area contributed by atoms with Crippen LogP contribution in [0.2, 0.25) is 0 Å². The quantitative estimate of drug-likeness (QED) is 0.738. The maximum absolute atomic E-state index is 11.7. The molecule has 0 spiro atoms. The van der Waals surface area contributed by atoms with E-state index in [0.29, 0.717) is 5.92 Å². The van der Waals surface area contributed by atoms with Crippen LogP contribution in [0.5, 0.6) is 0 Å². The van der Waals surface area contributed by atoms with Gasteiger partial charge in [-0.1, -0.05) is 13.8 Å². The van der Waals surface area contributed by atoms with E-state index in [1.807, 2.05) is 0 Å². The summed E-state index contributed by atoms with van der Waals surface area (Å²) in [5, 5.41) is 3.39. The lowest BCUT2D eigenvalue weighted by molar-refractivity contribution is -0.125. The van der Waals surface area contributed by atoms with E-state index in [-0.39, 0.29) is 5.91 Å². The molecule has 4 heteroatoms. The molecule has 1 unspecified atom stereocenters. The number of hydrogen-bond donors (Lipinski definition) is 2. The molecule has 1 rings (SSSR count). The molecule has 16 heavy (non-hydrogen) atoms. The summed E-state index contributed by atoms with van der Waals surface area (Å²) < 4.78 is 0. The molecular formula is C12H25N3O. The summed E-state index contributed by atoms with van der Waals surface area (Å²) in [5.41, 5.74) is 5.11.